The van der Waals surface area contributed by atoms with Crippen molar-refractivity contribution < 1.29 is 4.74 Å². The summed E-state index contributed by atoms with van der Waals surface area (Å²) in [5.41, 5.74) is 1.14. The number of unbranched alkanes of at least 4 members (excludes halogenated alkanes) is 1. The summed E-state index contributed by atoms with van der Waals surface area (Å²) in [6.07, 6.45) is 6.96. The number of nitriles is 1. The second-order valence-electron chi connectivity index (χ2n) is 3.58. The number of hydrogen-bond donors (Lipinski definition) is 1. The fraction of sp³-hybridized carbons (Fsp3) is 0.357. The molecule has 3 nitrogen and oxygen atoms in total. The van der Waals surface area contributed by atoms with Crippen molar-refractivity contribution in [2.75, 3.05) is 13.2 Å². The monoisotopic (exact) mass is 228 g/mol. The lowest BCUT2D eigenvalue weighted by molar-refractivity contribution is 0.367. The van der Waals surface area contributed by atoms with Gasteiger partial charge in [0.2, 0.25) is 0 Å². The van der Waals surface area contributed by atoms with Gasteiger partial charge in [-0.15, -0.1) is 12.3 Å². The summed E-state index contributed by atoms with van der Waals surface area (Å²) < 4.78 is 5.23. The minimum Gasteiger partial charge on any atom is -0.479 e. The fourth-order valence-corrected chi connectivity index (χ4v) is 1.41. The van der Waals surface area contributed by atoms with E-state index in [1.54, 1.807) is 0 Å². The molecule has 0 saturated heterocycles. The predicted molar refractivity (Wildman–Crippen MR) is 67.3 cm³/mol. The van der Waals surface area contributed by atoms with Crippen molar-refractivity contribution in [1.29, 1.82) is 5.26 Å². The first-order valence-corrected chi connectivity index (χ1v) is 5.59. The molecule has 17 heavy (non-hydrogen) atoms. The first-order valence-electron chi connectivity index (χ1n) is 5.59. The van der Waals surface area contributed by atoms with Crippen LogP contribution in [0.5, 0.6) is 5.75 Å². The highest BCUT2D eigenvalue weighted by molar-refractivity contribution is 5.28. The van der Waals surface area contributed by atoms with E-state index in [1.807, 2.05) is 30.3 Å². The van der Waals surface area contributed by atoms with Gasteiger partial charge in [0.05, 0.1) is 0 Å². The molecule has 0 aliphatic heterocycles. The van der Waals surface area contributed by atoms with Crippen LogP contribution in [0.2, 0.25) is 0 Å². The van der Waals surface area contributed by atoms with Gasteiger partial charge in [0.15, 0.2) is 6.61 Å². The highest BCUT2D eigenvalue weighted by Gasteiger charge is 1.96. The standard InChI is InChI=1S/C14H16N2O/c1-2-3-4-9-16-12-13-6-5-7-14(11-13)17-10-8-15/h1,5-7,11,16H,3-4,9-10,12H2. The van der Waals surface area contributed by atoms with Crippen LogP contribution < -0.4 is 10.1 Å². The maximum Gasteiger partial charge on any atom is 0.174 e. The second-order valence-corrected chi connectivity index (χ2v) is 3.58. The molecule has 88 valence electrons. The molecule has 0 amide bonds. The zero-order valence-corrected chi connectivity index (χ0v) is 9.78. The lowest BCUT2D eigenvalue weighted by atomic mass is 10.2. The maximum atomic E-state index is 8.42. The van der Waals surface area contributed by atoms with Crippen molar-refractivity contribution in [3.8, 4) is 24.2 Å². The van der Waals surface area contributed by atoms with Gasteiger partial charge in [-0.3, -0.25) is 0 Å². The summed E-state index contributed by atoms with van der Waals surface area (Å²) in [5, 5.41) is 11.7. The topological polar surface area (TPSA) is 45.0 Å². The maximum absolute atomic E-state index is 8.42. The average Bonchev–Trinajstić information content (AvgIpc) is 2.37. The zero-order valence-electron chi connectivity index (χ0n) is 9.78. The van der Waals surface area contributed by atoms with Crippen LogP contribution in [0.3, 0.4) is 0 Å². The third-order valence-electron chi connectivity index (χ3n) is 2.21. The summed E-state index contributed by atoms with van der Waals surface area (Å²) in [4.78, 5) is 0. The third kappa shape index (κ3) is 5.61. The molecular weight excluding hydrogens is 212 g/mol. The van der Waals surface area contributed by atoms with Crippen molar-refractivity contribution in [3.05, 3.63) is 29.8 Å². The van der Waals surface area contributed by atoms with E-state index in [0.717, 1.165) is 37.2 Å². The van der Waals surface area contributed by atoms with E-state index in [9.17, 15) is 0 Å². The molecule has 0 spiro atoms. The van der Waals surface area contributed by atoms with Crippen molar-refractivity contribution in [2.24, 2.45) is 0 Å². The number of hydrogen-bond acceptors (Lipinski definition) is 3. The molecule has 1 N–H and O–H groups in total. The molecule has 0 fully saturated rings. The minimum absolute atomic E-state index is 0.0824. The van der Waals surface area contributed by atoms with Crippen molar-refractivity contribution in [1.82, 2.24) is 5.32 Å². The molecule has 0 saturated carbocycles. The van der Waals surface area contributed by atoms with E-state index < -0.39 is 0 Å². The van der Waals surface area contributed by atoms with E-state index in [-0.39, 0.29) is 6.61 Å². The molecular formula is C14H16N2O. The number of nitrogens with zero attached hydrogens (tertiary/aromatic N) is 1. The van der Waals surface area contributed by atoms with Gasteiger partial charge < -0.3 is 10.1 Å². The molecule has 0 aromatic heterocycles. The molecule has 3 heteroatoms. The number of ether oxygens (including phenoxy) is 1. The van der Waals surface area contributed by atoms with Gasteiger partial charge in [0, 0.05) is 13.0 Å². The Morgan fingerprint density at radius 3 is 3.06 bits per heavy atom. The Morgan fingerprint density at radius 2 is 2.29 bits per heavy atom. The van der Waals surface area contributed by atoms with Gasteiger partial charge in [0.25, 0.3) is 0 Å². The molecule has 1 rings (SSSR count). The van der Waals surface area contributed by atoms with Crippen LogP contribution in [0.25, 0.3) is 0 Å². The highest BCUT2D eigenvalue weighted by atomic mass is 16.5. The van der Waals surface area contributed by atoms with Crippen LogP contribution in [-0.2, 0) is 6.54 Å². The Labute approximate surface area is 102 Å². The van der Waals surface area contributed by atoms with Crippen LogP contribution in [-0.4, -0.2) is 13.2 Å². The molecule has 0 heterocycles. The summed E-state index contributed by atoms with van der Waals surface area (Å²) in [5.74, 6) is 3.34. The Kier molecular flexibility index (Phi) is 6.33. The van der Waals surface area contributed by atoms with Crippen LogP contribution in [0.15, 0.2) is 24.3 Å². The van der Waals surface area contributed by atoms with Gasteiger partial charge in [-0.25, -0.2) is 0 Å². The second kappa shape index (κ2) is 8.21. The van der Waals surface area contributed by atoms with Crippen LogP contribution >= 0.6 is 0 Å². The van der Waals surface area contributed by atoms with E-state index in [1.165, 1.54) is 0 Å². The summed E-state index contributed by atoms with van der Waals surface area (Å²) in [6, 6.07) is 9.67. The van der Waals surface area contributed by atoms with Gasteiger partial charge in [-0.05, 0) is 30.7 Å². The van der Waals surface area contributed by atoms with Crippen molar-refractivity contribution in [3.63, 3.8) is 0 Å². The first-order chi connectivity index (χ1) is 8.36. The number of benzene rings is 1. The minimum atomic E-state index is 0.0824. The largest absolute Gasteiger partial charge is 0.479 e. The molecule has 1 aromatic carbocycles. The first kappa shape index (κ1) is 13.1. The quantitative estimate of drug-likeness (QED) is 0.574. The Morgan fingerprint density at radius 1 is 1.41 bits per heavy atom. The summed E-state index contributed by atoms with van der Waals surface area (Å²) in [6.45, 7) is 1.78. The average molecular weight is 228 g/mol. The van der Waals surface area contributed by atoms with Crippen molar-refractivity contribution >= 4 is 0 Å². The zero-order chi connectivity index (χ0) is 12.3. The Hall–Kier alpha value is -1.97. The summed E-state index contributed by atoms with van der Waals surface area (Å²) in [7, 11) is 0. The molecule has 0 bridgehead atoms. The lowest BCUT2D eigenvalue weighted by Crippen LogP contribution is -2.14. The number of terminal acetylenes is 1. The molecule has 0 atom stereocenters. The third-order valence-corrected chi connectivity index (χ3v) is 2.21. The normalized spacial score (nSPS) is 9.29. The van der Waals surface area contributed by atoms with Gasteiger partial charge in [0.1, 0.15) is 11.8 Å². The Balaban J connectivity index is 2.33. The van der Waals surface area contributed by atoms with E-state index in [2.05, 4.69) is 11.2 Å². The van der Waals surface area contributed by atoms with Crippen LogP contribution in [0.4, 0.5) is 0 Å². The number of nitrogens with one attached hydrogen (secondary N) is 1. The molecule has 0 aliphatic rings. The van der Waals surface area contributed by atoms with E-state index in [4.69, 9.17) is 16.4 Å². The van der Waals surface area contributed by atoms with Gasteiger partial charge >= 0.3 is 0 Å². The smallest absolute Gasteiger partial charge is 0.174 e. The van der Waals surface area contributed by atoms with Gasteiger partial charge in [-0.1, -0.05) is 12.1 Å². The number of rotatable bonds is 7. The Bertz CT molecular complexity index is 415. The SMILES string of the molecule is C#CCCCNCc1cccc(OCC#N)c1. The van der Waals surface area contributed by atoms with Gasteiger partial charge in [-0.2, -0.15) is 5.26 Å². The molecule has 0 radical (unpaired) electrons. The molecule has 0 unspecified atom stereocenters. The van der Waals surface area contributed by atoms with Crippen LogP contribution in [0.1, 0.15) is 18.4 Å². The van der Waals surface area contributed by atoms with E-state index in [0.29, 0.717) is 0 Å². The predicted octanol–water partition coefficient (Wildman–Crippen LogP) is 2.09. The van der Waals surface area contributed by atoms with E-state index >= 15 is 0 Å². The molecule has 0 aliphatic carbocycles. The van der Waals surface area contributed by atoms with Crippen LogP contribution in [0, 0.1) is 23.7 Å². The van der Waals surface area contributed by atoms with Crippen molar-refractivity contribution in [2.45, 2.75) is 19.4 Å². The highest BCUT2D eigenvalue weighted by Crippen LogP contribution is 2.12. The molecule has 1 aromatic rings. The lowest BCUT2D eigenvalue weighted by Gasteiger charge is -2.06. The fourth-order valence-electron chi connectivity index (χ4n) is 1.41. The summed E-state index contributed by atoms with van der Waals surface area (Å²) >= 11 is 0.